The number of amides is 3. The molecule has 2 aromatic carbocycles. The molecule has 0 heterocycles. The fourth-order valence-corrected chi connectivity index (χ4v) is 3.05. The number of nitrogens with one attached hydrogen (secondary N) is 4. The number of carbonyl (C=O) groups is 3. The Morgan fingerprint density at radius 3 is 2.42 bits per heavy atom. The molecule has 0 aliphatic carbocycles. The van der Waals surface area contributed by atoms with Crippen LogP contribution in [0.5, 0.6) is 5.75 Å². The molecule has 4 N–H and O–H groups in total. The maximum atomic E-state index is 12.6. The summed E-state index contributed by atoms with van der Waals surface area (Å²) in [6, 6.07) is 14.4. The van der Waals surface area contributed by atoms with Gasteiger partial charge >= 0.3 is 0 Å². The van der Waals surface area contributed by atoms with Gasteiger partial charge in [-0.2, -0.15) is 0 Å². The van der Waals surface area contributed by atoms with Gasteiger partial charge in [-0.3, -0.25) is 30.6 Å². The third-order valence-corrected chi connectivity index (χ3v) is 4.88. The largest absolute Gasteiger partial charge is 0.490 e. The molecule has 0 bridgehead atoms. The predicted molar refractivity (Wildman–Crippen MR) is 130 cm³/mol. The predicted octanol–water partition coefficient (Wildman–Crippen LogP) is 2.21. The Kier molecular flexibility index (Phi) is 11.3. The zero-order chi connectivity index (χ0) is 24.1. The summed E-state index contributed by atoms with van der Waals surface area (Å²) < 4.78 is 11.2. The number of rotatable bonds is 10. The topological polar surface area (TPSA) is 118 Å². The number of thiocarbonyl (C=S) groups is 1. The standard InChI is InChI=1S/C22H25BrN4O5S/c1-31-11-12-32-18-8-7-16(23)13-17(18)21(30)25-22(33)27-26-20(29)10-9-19(28)24-14-15-5-3-2-4-6-15/h2-8,13H,9-12,14H2,1H3,(H,24,28)(H,26,29)(H2,25,27,30,33). The smallest absolute Gasteiger partial charge is 0.261 e. The maximum Gasteiger partial charge on any atom is 0.261 e. The number of benzene rings is 2. The Balaban J connectivity index is 1.73. The van der Waals surface area contributed by atoms with Crippen LogP contribution in [0.1, 0.15) is 28.8 Å². The van der Waals surface area contributed by atoms with Gasteiger partial charge in [0.15, 0.2) is 5.11 Å². The Labute approximate surface area is 205 Å². The van der Waals surface area contributed by atoms with E-state index in [1.54, 1.807) is 25.3 Å². The summed E-state index contributed by atoms with van der Waals surface area (Å²) in [5, 5.41) is 5.11. The fourth-order valence-electron chi connectivity index (χ4n) is 2.54. The molecule has 0 saturated carbocycles. The minimum Gasteiger partial charge on any atom is -0.490 e. The van der Waals surface area contributed by atoms with Gasteiger partial charge in [0.05, 0.1) is 12.2 Å². The van der Waals surface area contributed by atoms with Crippen molar-refractivity contribution in [1.29, 1.82) is 0 Å². The van der Waals surface area contributed by atoms with E-state index in [-0.39, 0.29) is 36.0 Å². The molecule has 9 nitrogen and oxygen atoms in total. The molecule has 2 rings (SSSR count). The van der Waals surface area contributed by atoms with Crippen LogP contribution in [0, 0.1) is 0 Å². The summed E-state index contributed by atoms with van der Waals surface area (Å²) in [5.74, 6) is -0.857. The van der Waals surface area contributed by atoms with Gasteiger partial charge in [-0.05, 0) is 36.0 Å². The average Bonchev–Trinajstić information content (AvgIpc) is 2.81. The van der Waals surface area contributed by atoms with Gasteiger partial charge < -0.3 is 14.8 Å². The quantitative estimate of drug-likeness (QED) is 0.209. The zero-order valence-electron chi connectivity index (χ0n) is 18.0. The van der Waals surface area contributed by atoms with Crippen LogP contribution in [0.25, 0.3) is 0 Å². The lowest BCUT2D eigenvalue weighted by molar-refractivity contribution is -0.126. The van der Waals surface area contributed by atoms with E-state index in [0.717, 1.165) is 5.56 Å². The molecule has 0 fully saturated rings. The molecule has 0 aliphatic heterocycles. The van der Waals surface area contributed by atoms with Crippen LogP contribution in [0.3, 0.4) is 0 Å². The summed E-state index contributed by atoms with van der Waals surface area (Å²) in [6.45, 7) is 1.03. The Bertz CT molecular complexity index is 975. The number of methoxy groups -OCH3 is 1. The highest BCUT2D eigenvalue weighted by Gasteiger charge is 2.15. The molecule has 0 saturated heterocycles. The molecule has 0 aliphatic rings. The SMILES string of the molecule is COCCOc1ccc(Br)cc1C(=O)NC(=S)NNC(=O)CCC(=O)NCc1ccccc1. The molecular formula is C22H25BrN4O5S. The molecule has 3 amide bonds. The number of hydrogen-bond donors (Lipinski definition) is 4. The first-order chi connectivity index (χ1) is 15.9. The summed E-state index contributed by atoms with van der Waals surface area (Å²) in [5.41, 5.74) is 6.03. The fraction of sp³-hybridized carbons (Fsp3) is 0.273. The summed E-state index contributed by atoms with van der Waals surface area (Å²) >= 11 is 8.37. The van der Waals surface area contributed by atoms with Crippen molar-refractivity contribution < 1.29 is 23.9 Å². The van der Waals surface area contributed by atoms with Crippen molar-refractivity contribution in [3.8, 4) is 5.75 Å². The van der Waals surface area contributed by atoms with Crippen LogP contribution in [-0.2, 0) is 20.9 Å². The lowest BCUT2D eigenvalue weighted by atomic mass is 10.2. The van der Waals surface area contributed by atoms with Crippen molar-refractivity contribution in [2.45, 2.75) is 19.4 Å². The molecule has 2 aromatic rings. The highest BCUT2D eigenvalue weighted by molar-refractivity contribution is 9.10. The van der Waals surface area contributed by atoms with E-state index in [4.69, 9.17) is 21.7 Å². The minimum absolute atomic E-state index is 0.0136. The maximum absolute atomic E-state index is 12.6. The van der Waals surface area contributed by atoms with Gasteiger partial charge in [0.2, 0.25) is 11.8 Å². The van der Waals surface area contributed by atoms with Gasteiger partial charge in [-0.15, -0.1) is 0 Å². The normalized spacial score (nSPS) is 10.1. The van der Waals surface area contributed by atoms with Crippen molar-refractivity contribution in [2.75, 3.05) is 20.3 Å². The van der Waals surface area contributed by atoms with Crippen molar-refractivity contribution >= 4 is 51.0 Å². The minimum atomic E-state index is -0.518. The van der Waals surface area contributed by atoms with Crippen molar-refractivity contribution in [3.05, 3.63) is 64.1 Å². The second-order valence-electron chi connectivity index (χ2n) is 6.70. The van der Waals surface area contributed by atoms with E-state index >= 15 is 0 Å². The molecule has 0 aromatic heterocycles. The van der Waals surface area contributed by atoms with E-state index in [1.165, 1.54) is 0 Å². The lowest BCUT2D eigenvalue weighted by Gasteiger charge is -2.14. The van der Waals surface area contributed by atoms with E-state index in [1.807, 2.05) is 30.3 Å². The van der Waals surface area contributed by atoms with Gasteiger partial charge in [0.1, 0.15) is 12.4 Å². The number of hydrazine groups is 1. The number of carbonyl (C=O) groups excluding carboxylic acids is 3. The molecule has 0 radical (unpaired) electrons. The van der Waals surface area contributed by atoms with E-state index in [2.05, 4.69) is 37.4 Å². The number of ether oxygens (including phenoxy) is 2. The van der Waals surface area contributed by atoms with Gasteiger partial charge in [0, 0.05) is 31.0 Å². The summed E-state index contributed by atoms with van der Waals surface area (Å²) in [7, 11) is 1.55. The second-order valence-corrected chi connectivity index (χ2v) is 8.02. The van der Waals surface area contributed by atoms with Gasteiger partial charge in [-0.1, -0.05) is 46.3 Å². The Morgan fingerprint density at radius 2 is 1.70 bits per heavy atom. The van der Waals surface area contributed by atoms with Crippen LogP contribution < -0.4 is 26.2 Å². The van der Waals surface area contributed by atoms with E-state index in [0.29, 0.717) is 23.4 Å². The molecule has 0 atom stereocenters. The lowest BCUT2D eigenvalue weighted by Crippen LogP contribution is -2.48. The Hall–Kier alpha value is -3.02. The highest BCUT2D eigenvalue weighted by Crippen LogP contribution is 2.23. The highest BCUT2D eigenvalue weighted by atomic mass is 79.9. The molecule has 0 spiro atoms. The van der Waals surface area contributed by atoms with Crippen LogP contribution >= 0.6 is 28.1 Å². The molecular weight excluding hydrogens is 512 g/mol. The first-order valence-electron chi connectivity index (χ1n) is 10.0. The third-order valence-electron chi connectivity index (χ3n) is 4.19. The van der Waals surface area contributed by atoms with Crippen molar-refractivity contribution in [1.82, 2.24) is 21.5 Å². The van der Waals surface area contributed by atoms with Crippen LogP contribution in [0.15, 0.2) is 53.0 Å². The van der Waals surface area contributed by atoms with Crippen LogP contribution in [0.2, 0.25) is 0 Å². The van der Waals surface area contributed by atoms with Crippen LogP contribution in [-0.4, -0.2) is 43.2 Å². The zero-order valence-corrected chi connectivity index (χ0v) is 20.4. The molecule has 176 valence electrons. The van der Waals surface area contributed by atoms with Gasteiger partial charge in [0.25, 0.3) is 5.91 Å². The number of halogens is 1. The summed E-state index contributed by atoms with van der Waals surface area (Å²) in [4.78, 5) is 36.4. The third kappa shape index (κ3) is 9.98. The Morgan fingerprint density at radius 1 is 0.970 bits per heavy atom. The summed E-state index contributed by atoms with van der Waals surface area (Å²) in [6.07, 6.45) is -0.0347. The number of hydrogen-bond acceptors (Lipinski definition) is 6. The molecule has 0 unspecified atom stereocenters. The second kappa shape index (κ2) is 14.2. The molecule has 33 heavy (non-hydrogen) atoms. The average molecular weight is 537 g/mol. The van der Waals surface area contributed by atoms with Crippen molar-refractivity contribution in [3.63, 3.8) is 0 Å². The van der Waals surface area contributed by atoms with Crippen molar-refractivity contribution in [2.24, 2.45) is 0 Å². The molecule has 11 heteroatoms. The first kappa shape index (κ1) is 26.2. The van der Waals surface area contributed by atoms with Crippen LogP contribution in [0.4, 0.5) is 0 Å². The first-order valence-corrected chi connectivity index (χ1v) is 11.2. The van der Waals surface area contributed by atoms with E-state index in [9.17, 15) is 14.4 Å². The monoisotopic (exact) mass is 536 g/mol. The van der Waals surface area contributed by atoms with E-state index < -0.39 is 11.8 Å². The van der Waals surface area contributed by atoms with Gasteiger partial charge in [-0.25, -0.2) is 0 Å².